The van der Waals surface area contributed by atoms with E-state index in [9.17, 15) is 8.42 Å². The highest BCUT2D eigenvalue weighted by Crippen LogP contribution is 2.30. The third-order valence-corrected chi connectivity index (χ3v) is 4.95. The van der Waals surface area contributed by atoms with Crippen LogP contribution in [0.15, 0.2) is 47.4 Å². The number of hydrogen-bond acceptors (Lipinski definition) is 4. The quantitative estimate of drug-likeness (QED) is 0.768. The van der Waals surface area contributed by atoms with Crippen molar-refractivity contribution in [1.82, 2.24) is 0 Å². The molecule has 6 heteroatoms. The van der Waals surface area contributed by atoms with Crippen molar-refractivity contribution in [3.05, 3.63) is 53.1 Å². The van der Waals surface area contributed by atoms with E-state index < -0.39 is 10.1 Å². The van der Waals surface area contributed by atoms with Crippen LogP contribution < -0.4 is 4.90 Å². The molecular formula is C16H18ClNO3S. The summed E-state index contributed by atoms with van der Waals surface area (Å²) in [6.45, 7) is 3.68. The molecule has 4 nitrogen and oxygen atoms in total. The maximum absolute atomic E-state index is 12.0. The number of rotatable bonds is 5. The molecule has 0 saturated carbocycles. The maximum Gasteiger partial charge on any atom is 0.297 e. The van der Waals surface area contributed by atoms with Gasteiger partial charge in [-0.2, -0.15) is 8.42 Å². The predicted molar refractivity (Wildman–Crippen MR) is 89.5 cm³/mol. The summed E-state index contributed by atoms with van der Waals surface area (Å²) in [5.41, 5.74) is 2.68. The Hall–Kier alpha value is -1.56. The molecule has 22 heavy (non-hydrogen) atoms. The first-order valence-corrected chi connectivity index (χ1v) is 8.63. The summed E-state index contributed by atoms with van der Waals surface area (Å²) in [6, 6.07) is 12.3. The van der Waals surface area contributed by atoms with Crippen LogP contribution in [0.1, 0.15) is 12.5 Å². The number of hydrogen-bond donors (Lipinski definition) is 0. The van der Waals surface area contributed by atoms with E-state index in [4.69, 9.17) is 15.8 Å². The van der Waals surface area contributed by atoms with Gasteiger partial charge in [0.25, 0.3) is 10.1 Å². The second-order valence-electron chi connectivity index (χ2n) is 4.84. The molecule has 0 radical (unpaired) electrons. The molecular weight excluding hydrogens is 322 g/mol. The Labute approximate surface area is 136 Å². The molecule has 0 fully saturated rings. The molecule has 0 aliphatic heterocycles. The Bertz CT molecular complexity index is 757. The maximum atomic E-state index is 12.0. The van der Waals surface area contributed by atoms with E-state index in [0.717, 1.165) is 16.9 Å². The summed E-state index contributed by atoms with van der Waals surface area (Å²) in [4.78, 5) is 2.06. The van der Waals surface area contributed by atoms with Crippen molar-refractivity contribution in [1.29, 1.82) is 0 Å². The van der Waals surface area contributed by atoms with Gasteiger partial charge in [-0.05, 0) is 55.8 Å². The van der Waals surface area contributed by atoms with Crippen molar-refractivity contribution >= 4 is 33.1 Å². The van der Waals surface area contributed by atoms with Crippen LogP contribution in [0.4, 0.5) is 11.4 Å². The van der Waals surface area contributed by atoms with Crippen LogP contribution in [0.3, 0.4) is 0 Å². The molecule has 2 aromatic carbocycles. The molecule has 0 heterocycles. The highest BCUT2D eigenvalue weighted by Gasteiger charge is 2.17. The monoisotopic (exact) mass is 339 g/mol. The molecule has 0 saturated heterocycles. The number of anilines is 2. The van der Waals surface area contributed by atoms with Gasteiger partial charge in [-0.3, -0.25) is 4.18 Å². The Kier molecular flexibility index (Phi) is 5.11. The first kappa shape index (κ1) is 16.8. The fourth-order valence-electron chi connectivity index (χ4n) is 2.13. The lowest BCUT2D eigenvalue weighted by atomic mass is 10.1. The SMILES string of the molecule is CCOS(=O)(=O)c1ccc(C)c(N(C)c2ccc(Cl)cc2)c1. The van der Waals surface area contributed by atoms with Crippen molar-refractivity contribution in [3.63, 3.8) is 0 Å². The molecule has 0 aromatic heterocycles. The fourth-order valence-corrected chi connectivity index (χ4v) is 3.20. The normalized spacial score (nSPS) is 11.5. The van der Waals surface area contributed by atoms with Crippen LogP contribution in [0.2, 0.25) is 5.02 Å². The van der Waals surface area contributed by atoms with Gasteiger partial charge in [-0.25, -0.2) is 0 Å². The summed E-state index contributed by atoms with van der Waals surface area (Å²) < 4.78 is 28.9. The third-order valence-electron chi connectivity index (χ3n) is 3.32. The lowest BCUT2D eigenvalue weighted by Gasteiger charge is -2.22. The molecule has 0 aliphatic carbocycles. The summed E-state index contributed by atoms with van der Waals surface area (Å²) in [5, 5.41) is 0.654. The van der Waals surface area contributed by atoms with Gasteiger partial charge >= 0.3 is 0 Å². The topological polar surface area (TPSA) is 46.6 Å². The number of aryl methyl sites for hydroxylation is 1. The average molecular weight is 340 g/mol. The van der Waals surface area contributed by atoms with E-state index in [2.05, 4.69) is 0 Å². The molecule has 0 bridgehead atoms. The Morgan fingerprint density at radius 2 is 1.77 bits per heavy atom. The highest BCUT2D eigenvalue weighted by molar-refractivity contribution is 7.86. The van der Waals surface area contributed by atoms with Crippen molar-refractivity contribution in [3.8, 4) is 0 Å². The second kappa shape index (κ2) is 6.69. The molecule has 2 aromatic rings. The molecule has 0 spiro atoms. The van der Waals surface area contributed by atoms with E-state index in [1.54, 1.807) is 37.3 Å². The van der Waals surface area contributed by atoms with Gasteiger partial charge < -0.3 is 4.90 Å². The predicted octanol–water partition coefficient (Wildman–Crippen LogP) is 4.14. The minimum absolute atomic E-state index is 0.110. The summed E-state index contributed by atoms with van der Waals surface area (Å²) in [7, 11) is -1.84. The average Bonchev–Trinajstić information content (AvgIpc) is 2.47. The third kappa shape index (κ3) is 3.61. The van der Waals surface area contributed by atoms with Crippen molar-refractivity contribution in [2.75, 3.05) is 18.6 Å². The van der Waals surface area contributed by atoms with E-state index in [1.165, 1.54) is 0 Å². The minimum atomic E-state index is -3.72. The van der Waals surface area contributed by atoms with Gasteiger partial charge in [0.15, 0.2) is 0 Å². The lowest BCUT2D eigenvalue weighted by molar-refractivity contribution is 0.338. The molecule has 118 valence electrons. The first-order chi connectivity index (χ1) is 10.3. The van der Waals surface area contributed by atoms with E-state index >= 15 is 0 Å². The largest absolute Gasteiger partial charge is 0.344 e. The van der Waals surface area contributed by atoms with E-state index in [0.29, 0.717) is 5.02 Å². The van der Waals surface area contributed by atoms with Gasteiger partial charge in [0, 0.05) is 23.4 Å². The fraction of sp³-hybridized carbons (Fsp3) is 0.250. The van der Waals surface area contributed by atoms with Crippen molar-refractivity contribution in [2.24, 2.45) is 0 Å². The van der Waals surface area contributed by atoms with Crippen molar-refractivity contribution < 1.29 is 12.6 Å². The molecule has 0 unspecified atom stereocenters. The molecule has 0 aliphatic rings. The smallest absolute Gasteiger partial charge is 0.297 e. The van der Waals surface area contributed by atoms with Crippen LogP contribution in [0.5, 0.6) is 0 Å². The lowest BCUT2D eigenvalue weighted by Crippen LogP contribution is -2.13. The number of benzene rings is 2. The second-order valence-corrected chi connectivity index (χ2v) is 6.90. The molecule has 2 rings (SSSR count). The van der Waals surface area contributed by atoms with Crippen LogP contribution in [-0.2, 0) is 14.3 Å². The molecule has 0 amide bonds. The number of halogens is 1. The van der Waals surface area contributed by atoms with Crippen LogP contribution in [0.25, 0.3) is 0 Å². The zero-order chi connectivity index (χ0) is 16.3. The van der Waals surface area contributed by atoms with Crippen LogP contribution in [-0.4, -0.2) is 22.1 Å². The van der Waals surface area contributed by atoms with Crippen molar-refractivity contribution in [2.45, 2.75) is 18.7 Å². The molecule has 0 atom stereocenters. The van der Waals surface area contributed by atoms with Gasteiger partial charge in [-0.15, -0.1) is 0 Å². The van der Waals surface area contributed by atoms with Gasteiger partial charge in [-0.1, -0.05) is 17.7 Å². The van der Waals surface area contributed by atoms with E-state index in [-0.39, 0.29) is 11.5 Å². The Morgan fingerprint density at radius 1 is 1.14 bits per heavy atom. The van der Waals surface area contributed by atoms with Gasteiger partial charge in [0.1, 0.15) is 0 Å². The highest BCUT2D eigenvalue weighted by atomic mass is 35.5. The van der Waals surface area contributed by atoms with Crippen LogP contribution >= 0.6 is 11.6 Å². The Morgan fingerprint density at radius 3 is 2.36 bits per heavy atom. The van der Waals surface area contributed by atoms with Crippen LogP contribution in [0, 0.1) is 6.92 Å². The van der Waals surface area contributed by atoms with Gasteiger partial charge in [0.05, 0.1) is 11.5 Å². The summed E-state index contributed by atoms with van der Waals surface area (Å²) in [6.07, 6.45) is 0. The first-order valence-electron chi connectivity index (χ1n) is 6.84. The number of nitrogens with zero attached hydrogens (tertiary/aromatic N) is 1. The van der Waals surface area contributed by atoms with Gasteiger partial charge in [0.2, 0.25) is 0 Å². The zero-order valence-corrected chi connectivity index (χ0v) is 14.3. The summed E-state index contributed by atoms with van der Waals surface area (Å²) >= 11 is 5.90. The standard InChI is InChI=1S/C16H18ClNO3S/c1-4-21-22(19,20)15-10-5-12(2)16(11-15)18(3)14-8-6-13(17)7-9-14/h5-11H,4H2,1-3H3. The zero-order valence-electron chi connectivity index (χ0n) is 12.7. The summed E-state index contributed by atoms with van der Waals surface area (Å²) in [5.74, 6) is 0. The minimum Gasteiger partial charge on any atom is -0.344 e. The van der Waals surface area contributed by atoms with E-state index in [1.807, 2.05) is 31.0 Å². The Balaban J connectivity index is 2.44. The molecule has 0 N–H and O–H groups in total.